The smallest absolute Gasteiger partial charge is 0.143 e. The first-order chi connectivity index (χ1) is 14.6. The molecule has 5 heterocycles. The first kappa shape index (κ1) is 18.9. The molecule has 1 aliphatic rings. The van der Waals surface area contributed by atoms with Gasteiger partial charge in [0.1, 0.15) is 28.2 Å². The Morgan fingerprint density at radius 1 is 1.10 bits per heavy atom. The maximum absolute atomic E-state index is 6.07. The number of fused-ring (bicyclic) bond motifs is 1. The first-order valence-corrected chi connectivity index (χ1v) is 10.8. The van der Waals surface area contributed by atoms with E-state index in [1.54, 1.807) is 17.5 Å². The standard InChI is InChI=1S/C22H23N7S/c1-13-4-3-8-24-20(13)22-26-16-10-19(25-11-17(16)30-22)27-18-6-5-14(2)21(28-18)29-9-7-15(23)12-29/h3-6,8,10-11,15H,7,9,12,23H2,1-2H3,(H,25,27,28). The highest BCUT2D eigenvalue weighted by Gasteiger charge is 2.22. The predicted octanol–water partition coefficient (Wildman–Crippen LogP) is 4.05. The maximum atomic E-state index is 6.07. The van der Waals surface area contributed by atoms with E-state index in [1.165, 1.54) is 0 Å². The highest BCUT2D eigenvalue weighted by Crippen LogP contribution is 2.32. The van der Waals surface area contributed by atoms with Crippen LogP contribution in [0, 0.1) is 13.8 Å². The molecule has 0 spiro atoms. The van der Waals surface area contributed by atoms with E-state index in [1.807, 2.05) is 37.4 Å². The molecule has 8 heteroatoms. The number of aryl methyl sites for hydroxylation is 2. The molecule has 0 aromatic carbocycles. The quantitative estimate of drug-likeness (QED) is 0.517. The molecule has 0 amide bonds. The Labute approximate surface area is 179 Å². The van der Waals surface area contributed by atoms with Gasteiger partial charge in [-0.05, 0) is 43.5 Å². The van der Waals surface area contributed by atoms with Crippen LogP contribution in [0.3, 0.4) is 0 Å². The summed E-state index contributed by atoms with van der Waals surface area (Å²) in [5, 5.41) is 4.23. The van der Waals surface area contributed by atoms with E-state index in [-0.39, 0.29) is 6.04 Å². The fourth-order valence-electron chi connectivity index (χ4n) is 3.73. The third-order valence-electron chi connectivity index (χ3n) is 5.34. The second-order valence-electron chi connectivity index (χ2n) is 7.68. The van der Waals surface area contributed by atoms with Crippen molar-refractivity contribution >= 4 is 39.0 Å². The lowest BCUT2D eigenvalue weighted by atomic mass is 10.2. The third-order valence-corrected chi connectivity index (χ3v) is 6.35. The van der Waals surface area contributed by atoms with Gasteiger partial charge in [0.05, 0.1) is 10.2 Å². The molecule has 7 nitrogen and oxygen atoms in total. The summed E-state index contributed by atoms with van der Waals surface area (Å²) in [6.45, 7) is 5.91. The maximum Gasteiger partial charge on any atom is 0.143 e. The molecule has 3 N–H and O–H groups in total. The summed E-state index contributed by atoms with van der Waals surface area (Å²) >= 11 is 1.60. The Kier molecular flexibility index (Phi) is 4.80. The predicted molar refractivity (Wildman–Crippen MR) is 122 cm³/mol. The summed E-state index contributed by atoms with van der Waals surface area (Å²) in [6.07, 6.45) is 4.65. The van der Waals surface area contributed by atoms with Crippen molar-refractivity contribution in [1.82, 2.24) is 19.9 Å². The lowest BCUT2D eigenvalue weighted by Gasteiger charge is -2.20. The zero-order chi connectivity index (χ0) is 20.7. The van der Waals surface area contributed by atoms with Crippen LogP contribution in [0.4, 0.5) is 17.5 Å². The van der Waals surface area contributed by atoms with E-state index in [0.717, 1.165) is 69.0 Å². The van der Waals surface area contributed by atoms with Crippen LogP contribution < -0.4 is 16.0 Å². The largest absolute Gasteiger partial charge is 0.355 e. The van der Waals surface area contributed by atoms with Crippen molar-refractivity contribution in [2.45, 2.75) is 26.3 Å². The van der Waals surface area contributed by atoms with Gasteiger partial charge >= 0.3 is 0 Å². The molecular formula is C22H23N7S. The summed E-state index contributed by atoms with van der Waals surface area (Å²) in [7, 11) is 0. The van der Waals surface area contributed by atoms with E-state index in [9.17, 15) is 0 Å². The molecule has 152 valence electrons. The minimum Gasteiger partial charge on any atom is -0.355 e. The fourth-order valence-corrected chi connectivity index (χ4v) is 4.71. The number of aromatic nitrogens is 4. The van der Waals surface area contributed by atoms with Crippen LogP contribution in [-0.2, 0) is 0 Å². The van der Waals surface area contributed by atoms with Crippen LogP contribution in [0.2, 0.25) is 0 Å². The number of nitrogens with one attached hydrogen (secondary N) is 1. The van der Waals surface area contributed by atoms with Crippen molar-refractivity contribution in [3.63, 3.8) is 0 Å². The van der Waals surface area contributed by atoms with Crippen molar-refractivity contribution in [1.29, 1.82) is 0 Å². The normalized spacial score (nSPS) is 16.4. The van der Waals surface area contributed by atoms with E-state index in [4.69, 9.17) is 15.7 Å². The third kappa shape index (κ3) is 3.59. The molecule has 4 aromatic rings. The Hall–Kier alpha value is -3.10. The number of rotatable bonds is 4. The van der Waals surface area contributed by atoms with Gasteiger partial charge in [-0.1, -0.05) is 12.1 Å². The van der Waals surface area contributed by atoms with Crippen molar-refractivity contribution in [3.8, 4) is 10.7 Å². The van der Waals surface area contributed by atoms with E-state index in [2.05, 4.69) is 33.2 Å². The van der Waals surface area contributed by atoms with Gasteiger partial charge in [-0.25, -0.2) is 15.0 Å². The van der Waals surface area contributed by atoms with E-state index in [0.29, 0.717) is 0 Å². The number of pyridine rings is 3. The minimum absolute atomic E-state index is 0.216. The zero-order valence-corrected chi connectivity index (χ0v) is 17.8. The van der Waals surface area contributed by atoms with Crippen LogP contribution >= 0.6 is 11.3 Å². The SMILES string of the molecule is Cc1cccnc1-c1nc2cc(Nc3ccc(C)c(N4CCC(N)C4)n3)ncc2s1. The van der Waals surface area contributed by atoms with Crippen molar-refractivity contribution in [2.75, 3.05) is 23.3 Å². The fraction of sp³-hybridized carbons (Fsp3) is 0.273. The van der Waals surface area contributed by atoms with Gasteiger partial charge < -0.3 is 16.0 Å². The molecule has 1 saturated heterocycles. The Bertz CT molecular complexity index is 1220. The molecule has 1 fully saturated rings. The summed E-state index contributed by atoms with van der Waals surface area (Å²) in [5.41, 5.74) is 10.1. The zero-order valence-electron chi connectivity index (χ0n) is 17.0. The Morgan fingerprint density at radius 2 is 2.00 bits per heavy atom. The van der Waals surface area contributed by atoms with Crippen LogP contribution in [0.1, 0.15) is 17.5 Å². The number of thiazole rings is 1. The highest BCUT2D eigenvalue weighted by molar-refractivity contribution is 7.21. The molecule has 0 saturated carbocycles. The van der Waals surface area contributed by atoms with Gasteiger partial charge in [-0.2, -0.15) is 0 Å². The number of hydrogen-bond acceptors (Lipinski definition) is 8. The summed E-state index contributed by atoms with van der Waals surface area (Å²) in [5.74, 6) is 2.46. The highest BCUT2D eigenvalue weighted by atomic mass is 32.1. The Morgan fingerprint density at radius 3 is 2.80 bits per heavy atom. The number of hydrogen-bond donors (Lipinski definition) is 2. The summed E-state index contributed by atoms with van der Waals surface area (Å²) in [4.78, 5) is 20.9. The molecule has 0 aliphatic carbocycles. The topological polar surface area (TPSA) is 92.9 Å². The molecule has 0 bridgehead atoms. The van der Waals surface area contributed by atoms with Crippen LogP contribution in [0.25, 0.3) is 20.9 Å². The van der Waals surface area contributed by atoms with Crippen molar-refractivity contribution in [3.05, 3.63) is 53.9 Å². The molecule has 1 atom stereocenters. The number of anilines is 3. The van der Waals surface area contributed by atoms with Crippen LogP contribution in [-0.4, -0.2) is 39.1 Å². The van der Waals surface area contributed by atoms with Crippen LogP contribution in [0.5, 0.6) is 0 Å². The van der Waals surface area contributed by atoms with Gasteiger partial charge in [0.25, 0.3) is 0 Å². The van der Waals surface area contributed by atoms with Crippen molar-refractivity contribution in [2.24, 2.45) is 5.73 Å². The minimum atomic E-state index is 0.216. The average molecular weight is 418 g/mol. The molecule has 4 aromatic heterocycles. The number of nitrogens with two attached hydrogens (primary N) is 1. The molecule has 5 rings (SSSR count). The monoisotopic (exact) mass is 417 g/mol. The summed E-state index contributed by atoms with van der Waals surface area (Å²) < 4.78 is 1.03. The van der Waals surface area contributed by atoms with Gasteiger partial charge in [0.2, 0.25) is 0 Å². The van der Waals surface area contributed by atoms with Crippen LogP contribution in [0.15, 0.2) is 42.7 Å². The van der Waals surface area contributed by atoms with Gasteiger partial charge in [-0.15, -0.1) is 11.3 Å². The molecule has 0 radical (unpaired) electrons. The number of nitrogens with zero attached hydrogens (tertiary/aromatic N) is 5. The van der Waals surface area contributed by atoms with Gasteiger partial charge in [-0.3, -0.25) is 4.98 Å². The van der Waals surface area contributed by atoms with Crippen molar-refractivity contribution < 1.29 is 0 Å². The first-order valence-electron chi connectivity index (χ1n) is 10.0. The molecular weight excluding hydrogens is 394 g/mol. The molecule has 30 heavy (non-hydrogen) atoms. The molecule has 1 aliphatic heterocycles. The second-order valence-corrected chi connectivity index (χ2v) is 8.71. The van der Waals surface area contributed by atoms with E-state index >= 15 is 0 Å². The summed E-state index contributed by atoms with van der Waals surface area (Å²) in [6, 6.07) is 10.2. The van der Waals surface area contributed by atoms with E-state index < -0.39 is 0 Å². The second kappa shape index (κ2) is 7.62. The average Bonchev–Trinajstić information content (AvgIpc) is 3.35. The lowest BCUT2D eigenvalue weighted by molar-refractivity contribution is 0.751. The molecule has 1 unspecified atom stereocenters. The lowest BCUT2D eigenvalue weighted by Crippen LogP contribution is -2.27. The van der Waals surface area contributed by atoms with Gasteiger partial charge in [0.15, 0.2) is 0 Å². The van der Waals surface area contributed by atoms with Gasteiger partial charge in [0, 0.05) is 37.6 Å². The Balaban J connectivity index is 1.43.